The topological polar surface area (TPSA) is 43.9 Å². The van der Waals surface area contributed by atoms with Gasteiger partial charge in [-0.2, -0.15) is 17.0 Å². The zero-order chi connectivity index (χ0) is 14.0. The Morgan fingerprint density at radius 1 is 1.16 bits per heavy atom. The number of hydrogen-bond acceptors (Lipinski definition) is 3. The number of hydrogen-bond donors (Lipinski definition) is 0. The van der Waals surface area contributed by atoms with E-state index in [4.69, 9.17) is 0 Å². The van der Waals surface area contributed by atoms with E-state index >= 15 is 0 Å². The summed E-state index contributed by atoms with van der Waals surface area (Å²) in [6.45, 7) is 1.96. The van der Waals surface area contributed by atoms with Crippen LogP contribution in [0.3, 0.4) is 0 Å². The maximum Gasteiger partial charge on any atom is 0.281 e. The molecule has 0 aromatic heterocycles. The molecule has 0 atom stereocenters. The molecule has 0 unspecified atom stereocenters. The number of halogens is 1. The van der Waals surface area contributed by atoms with E-state index in [1.165, 1.54) is 34.8 Å². The molecule has 0 saturated carbocycles. The molecule has 0 radical (unpaired) electrons. The van der Waals surface area contributed by atoms with E-state index in [0.29, 0.717) is 26.2 Å². The zero-order valence-corrected chi connectivity index (χ0v) is 11.9. The molecule has 106 valence electrons. The van der Waals surface area contributed by atoms with E-state index in [2.05, 4.69) is 0 Å². The van der Waals surface area contributed by atoms with Crippen LogP contribution >= 0.6 is 0 Å². The third-order valence-corrected chi connectivity index (χ3v) is 5.14. The van der Waals surface area contributed by atoms with Crippen molar-refractivity contribution in [3.8, 4) is 0 Å². The van der Waals surface area contributed by atoms with Crippen molar-refractivity contribution in [2.75, 3.05) is 45.2 Å². The molecule has 1 aromatic carbocycles. The van der Waals surface area contributed by atoms with Crippen LogP contribution in [-0.4, -0.2) is 57.3 Å². The van der Waals surface area contributed by atoms with Crippen LogP contribution in [0.4, 0.5) is 10.1 Å². The quantitative estimate of drug-likeness (QED) is 0.824. The monoisotopic (exact) mass is 287 g/mol. The van der Waals surface area contributed by atoms with Crippen molar-refractivity contribution in [3.05, 3.63) is 30.1 Å². The summed E-state index contributed by atoms with van der Waals surface area (Å²) in [5, 5.41) is 0. The number of benzene rings is 1. The van der Waals surface area contributed by atoms with Gasteiger partial charge in [-0.15, -0.1) is 0 Å². The minimum absolute atomic E-state index is 0.277. The minimum atomic E-state index is -3.35. The van der Waals surface area contributed by atoms with Gasteiger partial charge >= 0.3 is 0 Å². The highest BCUT2D eigenvalue weighted by atomic mass is 32.2. The Bertz CT molecular complexity index is 540. The van der Waals surface area contributed by atoms with Crippen LogP contribution in [0.2, 0.25) is 0 Å². The molecule has 19 heavy (non-hydrogen) atoms. The first-order valence-corrected chi connectivity index (χ1v) is 7.49. The van der Waals surface area contributed by atoms with Crippen LogP contribution in [0.25, 0.3) is 0 Å². The Kier molecular flexibility index (Phi) is 4.07. The fourth-order valence-corrected chi connectivity index (χ4v) is 3.17. The standard InChI is InChI=1S/C12H18FN3O2S/c1-14(2)19(17,18)16-8-6-15(7-9-16)12-5-3-4-11(13)10-12/h3-5,10H,6-9H2,1-2H3. The van der Waals surface area contributed by atoms with Gasteiger partial charge in [-0.1, -0.05) is 6.07 Å². The Morgan fingerprint density at radius 2 is 1.79 bits per heavy atom. The van der Waals surface area contributed by atoms with E-state index < -0.39 is 10.2 Å². The predicted molar refractivity (Wildman–Crippen MR) is 72.8 cm³/mol. The van der Waals surface area contributed by atoms with Crippen LogP contribution in [0.1, 0.15) is 0 Å². The minimum Gasteiger partial charge on any atom is -0.369 e. The molecule has 0 amide bonds. The van der Waals surface area contributed by atoms with Gasteiger partial charge in [0.05, 0.1) is 0 Å². The highest BCUT2D eigenvalue weighted by Gasteiger charge is 2.28. The van der Waals surface area contributed by atoms with E-state index in [0.717, 1.165) is 5.69 Å². The molecule has 1 aromatic rings. The lowest BCUT2D eigenvalue weighted by molar-refractivity contribution is 0.355. The summed E-state index contributed by atoms with van der Waals surface area (Å²) in [6, 6.07) is 6.36. The summed E-state index contributed by atoms with van der Waals surface area (Å²) in [7, 11) is -0.304. The average molecular weight is 287 g/mol. The molecule has 1 saturated heterocycles. The molecule has 1 heterocycles. The first-order valence-electron chi connectivity index (χ1n) is 6.09. The summed E-state index contributed by atoms with van der Waals surface area (Å²) in [4.78, 5) is 1.99. The van der Waals surface area contributed by atoms with Gasteiger partial charge in [0.1, 0.15) is 5.82 Å². The maximum atomic E-state index is 13.2. The smallest absolute Gasteiger partial charge is 0.281 e. The fourth-order valence-electron chi connectivity index (χ4n) is 2.08. The van der Waals surface area contributed by atoms with Crippen LogP contribution in [0.15, 0.2) is 24.3 Å². The van der Waals surface area contributed by atoms with Crippen LogP contribution in [-0.2, 0) is 10.2 Å². The van der Waals surface area contributed by atoms with Crippen molar-refractivity contribution in [2.45, 2.75) is 0 Å². The van der Waals surface area contributed by atoms with Gasteiger partial charge in [0, 0.05) is 46.0 Å². The molecule has 1 aliphatic heterocycles. The maximum absolute atomic E-state index is 13.2. The van der Waals surface area contributed by atoms with Crippen LogP contribution in [0, 0.1) is 5.82 Å². The second-order valence-electron chi connectivity index (χ2n) is 4.66. The number of piperazine rings is 1. The molecule has 0 aliphatic carbocycles. The van der Waals surface area contributed by atoms with Crippen molar-refractivity contribution in [2.24, 2.45) is 0 Å². The lowest BCUT2D eigenvalue weighted by Crippen LogP contribution is -2.51. The van der Waals surface area contributed by atoms with Crippen molar-refractivity contribution in [1.29, 1.82) is 0 Å². The van der Waals surface area contributed by atoms with Crippen molar-refractivity contribution in [3.63, 3.8) is 0 Å². The third kappa shape index (κ3) is 3.05. The fraction of sp³-hybridized carbons (Fsp3) is 0.500. The van der Waals surface area contributed by atoms with Gasteiger partial charge in [0.15, 0.2) is 0 Å². The number of nitrogens with zero attached hydrogens (tertiary/aromatic N) is 3. The van der Waals surface area contributed by atoms with E-state index in [1.54, 1.807) is 6.07 Å². The molecule has 2 rings (SSSR count). The second kappa shape index (κ2) is 5.44. The Balaban J connectivity index is 2.04. The molecule has 7 heteroatoms. The van der Waals surface area contributed by atoms with Gasteiger partial charge in [0.25, 0.3) is 10.2 Å². The second-order valence-corrected chi connectivity index (χ2v) is 6.80. The molecular formula is C12H18FN3O2S. The Labute approximate surface area is 113 Å². The van der Waals surface area contributed by atoms with Crippen LogP contribution in [0.5, 0.6) is 0 Å². The van der Waals surface area contributed by atoms with Crippen LogP contribution < -0.4 is 4.90 Å². The summed E-state index contributed by atoms with van der Waals surface area (Å²) < 4.78 is 39.7. The molecular weight excluding hydrogens is 269 g/mol. The molecule has 1 fully saturated rings. The van der Waals surface area contributed by atoms with Crippen molar-refractivity contribution >= 4 is 15.9 Å². The van der Waals surface area contributed by atoms with Gasteiger partial charge in [-0.3, -0.25) is 0 Å². The first kappa shape index (κ1) is 14.2. The molecule has 5 nitrogen and oxygen atoms in total. The molecule has 0 spiro atoms. The highest BCUT2D eigenvalue weighted by molar-refractivity contribution is 7.86. The van der Waals surface area contributed by atoms with Gasteiger partial charge in [0.2, 0.25) is 0 Å². The van der Waals surface area contributed by atoms with E-state index in [-0.39, 0.29) is 5.82 Å². The largest absolute Gasteiger partial charge is 0.369 e. The normalized spacial score (nSPS) is 18.0. The summed E-state index contributed by atoms with van der Waals surface area (Å²) in [5.41, 5.74) is 0.793. The lowest BCUT2D eigenvalue weighted by Gasteiger charge is -2.36. The Morgan fingerprint density at radius 3 is 2.32 bits per heavy atom. The van der Waals surface area contributed by atoms with Gasteiger partial charge < -0.3 is 4.90 Å². The first-order chi connectivity index (χ1) is 8.91. The van der Waals surface area contributed by atoms with E-state index in [1.807, 2.05) is 11.0 Å². The summed E-state index contributed by atoms with van der Waals surface area (Å²) in [6.07, 6.45) is 0. The highest BCUT2D eigenvalue weighted by Crippen LogP contribution is 2.18. The lowest BCUT2D eigenvalue weighted by atomic mass is 10.2. The molecule has 0 bridgehead atoms. The van der Waals surface area contributed by atoms with Gasteiger partial charge in [-0.25, -0.2) is 4.39 Å². The third-order valence-electron chi connectivity index (χ3n) is 3.20. The average Bonchev–Trinajstić information content (AvgIpc) is 2.38. The summed E-state index contributed by atoms with van der Waals surface area (Å²) in [5.74, 6) is -0.277. The molecule has 0 N–H and O–H groups in total. The van der Waals surface area contributed by atoms with E-state index in [9.17, 15) is 12.8 Å². The summed E-state index contributed by atoms with van der Waals surface area (Å²) >= 11 is 0. The number of rotatable bonds is 3. The van der Waals surface area contributed by atoms with Crippen molar-refractivity contribution in [1.82, 2.24) is 8.61 Å². The molecule has 1 aliphatic rings. The van der Waals surface area contributed by atoms with Crippen molar-refractivity contribution < 1.29 is 12.8 Å². The Hall–Kier alpha value is -1.18. The SMILES string of the molecule is CN(C)S(=O)(=O)N1CCN(c2cccc(F)c2)CC1. The van der Waals surface area contributed by atoms with Gasteiger partial charge in [-0.05, 0) is 18.2 Å². The zero-order valence-electron chi connectivity index (χ0n) is 11.1. The number of anilines is 1. The predicted octanol–water partition coefficient (Wildman–Crippen LogP) is 0.754.